The SMILES string of the molecule is Fc1ccc(OC2CCOC2)c([C@H]2C[C@H](F)CN2Cl)c1. The largest absolute Gasteiger partial charge is 0.488 e. The fourth-order valence-electron chi connectivity index (χ4n) is 2.70. The van der Waals surface area contributed by atoms with Gasteiger partial charge in [-0.1, -0.05) is 0 Å². The highest BCUT2D eigenvalue weighted by Gasteiger charge is 2.34. The predicted octanol–water partition coefficient (Wildman–Crippen LogP) is 3.23. The maximum Gasteiger partial charge on any atom is 0.124 e. The highest BCUT2D eigenvalue weighted by molar-refractivity contribution is 6.13. The average Bonchev–Trinajstić information content (AvgIpc) is 3.01. The van der Waals surface area contributed by atoms with Gasteiger partial charge in [0.1, 0.15) is 23.8 Å². The average molecular weight is 304 g/mol. The molecule has 0 spiro atoms. The highest BCUT2D eigenvalue weighted by atomic mass is 35.5. The van der Waals surface area contributed by atoms with E-state index in [1.54, 1.807) is 6.07 Å². The number of rotatable bonds is 3. The van der Waals surface area contributed by atoms with Gasteiger partial charge < -0.3 is 9.47 Å². The maximum absolute atomic E-state index is 13.5. The van der Waals surface area contributed by atoms with E-state index < -0.39 is 6.17 Å². The van der Waals surface area contributed by atoms with Crippen LogP contribution in [-0.2, 0) is 4.74 Å². The fraction of sp³-hybridized carbons (Fsp3) is 0.571. The molecule has 1 aromatic rings. The fourth-order valence-corrected chi connectivity index (χ4v) is 3.03. The molecule has 2 aliphatic heterocycles. The zero-order chi connectivity index (χ0) is 14.1. The number of hydrogen-bond acceptors (Lipinski definition) is 3. The molecule has 2 fully saturated rings. The summed E-state index contributed by atoms with van der Waals surface area (Å²) >= 11 is 6.04. The summed E-state index contributed by atoms with van der Waals surface area (Å²) in [5, 5.41) is 0. The van der Waals surface area contributed by atoms with E-state index in [0.29, 0.717) is 24.5 Å². The summed E-state index contributed by atoms with van der Waals surface area (Å²) in [6.45, 7) is 1.34. The normalized spacial score (nSPS) is 30.9. The molecule has 1 unspecified atom stereocenters. The van der Waals surface area contributed by atoms with E-state index in [9.17, 15) is 8.78 Å². The minimum Gasteiger partial charge on any atom is -0.488 e. The molecule has 20 heavy (non-hydrogen) atoms. The predicted molar refractivity (Wildman–Crippen MR) is 71.1 cm³/mol. The number of benzene rings is 1. The summed E-state index contributed by atoms with van der Waals surface area (Å²) < 4.78 is 39.5. The van der Waals surface area contributed by atoms with Crippen molar-refractivity contribution in [1.82, 2.24) is 4.42 Å². The van der Waals surface area contributed by atoms with Gasteiger partial charge >= 0.3 is 0 Å². The second-order valence-corrected chi connectivity index (χ2v) is 5.65. The molecule has 0 aromatic heterocycles. The molecule has 2 heterocycles. The van der Waals surface area contributed by atoms with Gasteiger partial charge in [0.2, 0.25) is 0 Å². The topological polar surface area (TPSA) is 21.7 Å². The monoisotopic (exact) mass is 303 g/mol. The van der Waals surface area contributed by atoms with Crippen LogP contribution in [0, 0.1) is 5.82 Å². The molecule has 0 saturated carbocycles. The van der Waals surface area contributed by atoms with Crippen LogP contribution in [0.15, 0.2) is 18.2 Å². The lowest BCUT2D eigenvalue weighted by Crippen LogP contribution is -2.19. The smallest absolute Gasteiger partial charge is 0.124 e. The number of hydrogen-bond donors (Lipinski definition) is 0. The van der Waals surface area contributed by atoms with Crippen molar-refractivity contribution in [3.05, 3.63) is 29.6 Å². The summed E-state index contributed by atoms with van der Waals surface area (Å²) in [6, 6.07) is 3.94. The van der Waals surface area contributed by atoms with Crippen molar-refractivity contribution in [3.63, 3.8) is 0 Å². The molecule has 2 aliphatic rings. The van der Waals surface area contributed by atoms with Crippen molar-refractivity contribution < 1.29 is 18.3 Å². The molecule has 1 aromatic carbocycles. The minimum atomic E-state index is -0.997. The Bertz CT molecular complexity index is 482. The zero-order valence-electron chi connectivity index (χ0n) is 10.9. The molecule has 3 atom stereocenters. The van der Waals surface area contributed by atoms with Gasteiger partial charge in [-0.3, -0.25) is 0 Å². The van der Waals surface area contributed by atoms with Gasteiger partial charge in [0.25, 0.3) is 0 Å². The van der Waals surface area contributed by atoms with Gasteiger partial charge in [0, 0.05) is 24.9 Å². The second-order valence-electron chi connectivity index (χ2n) is 5.22. The summed E-state index contributed by atoms with van der Waals surface area (Å²) in [5.41, 5.74) is 0.604. The third-order valence-electron chi connectivity index (χ3n) is 3.70. The van der Waals surface area contributed by atoms with E-state index in [-0.39, 0.29) is 30.9 Å². The summed E-state index contributed by atoms with van der Waals surface area (Å²) in [4.78, 5) is 0. The third kappa shape index (κ3) is 2.90. The van der Waals surface area contributed by atoms with Crippen molar-refractivity contribution in [1.29, 1.82) is 0 Å². The molecule has 0 amide bonds. The van der Waals surface area contributed by atoms with Gasteiger partial charge in [-0.05, 0) is 30.0 Å². The number of nitrogens with zero attached hydrogens (tertiary/aromatic N) is 1. The van der Waals surface area contributed by atoms with E-state index in [0.717, 1.165) is 6.42 Å². The first-order valence-corrected chi connectivity index (χ1v) is 7.07. The van der Waals surface area contributed by atoms with Gasteiger partial charge in [0.15, 0.2) is 0 Å². The molecule has 0 radical (unpaired) electrons. The number of alkyl halides is 1. The second kappa shape index (κ2) is 5.84. The summed E-state index contributed by atoms with van der Waals surface area (Å²) in [5.74, 6) is 0.189. The molecule has 0 aliphatic carbocycles. The highest BCUT2D eigenvalue weighted by Crippen LogP contribution is 2.40. The van der Waals surface area contributed by atoms with E-state index in [1.165, 1.54) is 16.6 Å². The van der Waals surface area contributed by atoms with Crippen molar-refractivity contribution in [2.75, 3.05) is 19.8 Å². The lowest BCUT2D eigenvalue weighted by molar-refractivity contribution is 0.139. The lowest BCUT2D eigenvalue weighted by Gasteiger charge is -2.22. The number of ether oxygens (including phenoxy) is 2. The Balaban J connectivity index is 1.85. The Labute approximate surface area is 121 Å². The Kier molecular flexibility index (Phi) is 4.10. The molecule has 3 nitrogen and oxygen atoms in total. The van der Waals surface area contributed by atoms with Crippen LogP contribution < -0.4 is 4.74 Å². The quantitative estimate of drug-likeness (QED) is 0.800. The number of halogens is 3. The summed E-state index contributed by atoms with van der Waals surface area (Å²) in [6.07, 6.45) is 0.0245. The molecule has 110 valence electrons. The van der Waals surface area contributed by atoms with E-state index in [1.807, 2.05) is 0 Å². The van der Waals surface area contributed by atoms with Gasteiger partial charge in [-0.15, -0.1) is 0 Å². The first-order chi connectivity index (χ1) is 9.63. The van der Waals surface area contributed by atoms with Gasteiger partial charge in [-0.2, -0.15) is 0 Å². The summed E-state index contributed by atoms with van der Waals surface area (Å²) in [7, 11) is 0. The van der Waals surface area contributed by atoms with Gasteiger partial charge in [-0.25, -0.2) is 13.2 Å². The third-order valence-corrected chi connectivity index (χ3v) is 4.08. The maximum atomic E-state index is 13.5. The molecular formula is C14H16ClF2NO2. The van der Waals surface area contributed by atoms with Crippen LogP contribution in [0.4, 0.5) is 8.78 Å². The molecule has 0 bridgehead atoms. The van der Waals surface area contributed by atoms with Gasteiger partial charge in [0.05, 0.1) is 19.3 Å². The minimum absolute atomic E-state index is 0.0365. The first-order valence-electron chi connectivity index (χ1n) is 6.74. The van der Waals surface area contributed by atoms with Crippen LogP contribution in [0.3, 0.4) is 0 Å². The van der Waals surface area contributed by atoms with E-state index in [4.69, 9.17) is 21.3 Å². The lowest BCUT2D eigenvalue weighted by atomic mass is 10.0. The molecular weight excluding hydrogens is 288 g/mol. The Morgan fingerprint density at radius 3 is 2.90 bits per heavy atom. The van der Waals surface area contributed by atoms with Crippen molar-refractivity contribution >= 4 is 11.8 Å². The van der Waals surface area contributed by atoms with Crippen LogP contribution in [-0.4, -0.2) is 36.5 Å². The molecule has 6 heteroatoms. The Morgan fingerprint density at radius 1 is 1.40 bits per heavy atom. The van der Waals surface area contributed by atoms with Crippen molar-refractivity contribution in [3.8, 4) is 5.75 Å². The van der Waals surface area contributed by atoms with Crippen LogP contribution in [0.5, 0.6) is 5.75 Å². The van der Waals surface area contributed by atoms with Crippen LogP contribution in [0.1, 0.15) is 24.4 Å². The zero-order valence-corrected chi connectivity index (χ0v) is 11.7. The molecule has 3 rings (SSSR count). The Hall–Kier alpha value is -0.910. The van der Waals surface area contributed by atoms with Crippen LogP contribution in [0.2, 0.25) is 0 Å². The molecule has 0 N–H and O–H groups in total. The first kappa shape index (κ1) is 14.0. The standard InChI is InChI=1S/C14H16ClF2NO2/c15-18-7-10(17)6-13(18)12-5-9(16)1-2-14(12)20-11-3-4-19-8-11/h1-2,5,10-11,13H,3-4,6-8H2/t10-,11?,13+/m0/s1. The van der Waals surface area contributed by atoms with Crippen LogP contribution >= 0.6 is 11.8 Å². The van der Waals surface area contributed by atoms with E-state index >= 15 is 0 Å². The van der Waals surface area contributed by atoms with Crippen molar-refractivity contribution in [2.24, 2.45) is 0 Å². The Morgan fingerprint density at radius 2 is 2.25 bits per heavy atom. The van der Waals surface area contributed by atoms with E-state index in [2.05, 4.69) is 0 Å². The van der Waals surface area contributed by atoms with Crippen molar-refractivity contribution in [2.45, 2.75) is 31.2 Å². The molecule has 2 saturated heterocycles. The van der Waals surface area contributed by atoms with Crippen LogP contribution in [0.25, 0.3) is 0 Å².